The van der Waals surface area contributed by atoms with Crippen molar-refractivity contribution in [2.45, 2.75) is 26.0 Å². The third-order valence-electron chi connectivity index (χ3n) is 3.78. The average molecular weight is 373 g/mol. The van der Waals surface area contributed by atoms with Crippen LogP contribution in [0.4, 0.5) is 0 Å². The summed E-state index contributed by atoms with van der Waals surface area (Å²) in [5, 5.41) is 16.4. The number of nitrogens with one attached hydrogen (secondary N) is 2. The topological polar surface area (TPSA) is 62.8 Å². The fourth-order valence-electron chi connectivity index (χ4n) is 2.55. The predicted octanol–water partition coefficient (Wildman–Crippen LogP) is 1.92. The van der Waals surface area contributed by atoms with Gasteiger partial charge >= 0.3 is 0 Å². The Morgan fingerprint density at radius 1 is 1.41 bits per heavy atom. The largest absolute Gasteiger partial charge is 0.493 e. The SMILES string of the molecule is CCCOc1c(Br)cc(CNCC2CNCC2O)cc1OC. The minimum atomic E-state index is -0.251. The molecule has 0 aromatic heterocycles. The van der Waals surface area contributed by atoms with E-state index in [4.69, 9.17) is 9.47 Å². The van der Waals surface area contributed by atoms with Crippen LogP contribution < -0.4 is 20.1 Å². The summed E-state index contributed by atoms with van der Waals surface area (Å²) in [5.41, 5.74) is 1.12. The van der Waals surface area contributed by atoms with Gasteiger partial charge in [0.15, 0.2) is 11.5 Å². The molecule has 2 rings (SSSR count). The molecular formula is C16H25BrN2O3. The van der Waals surface area contributed by atoms with Crippen molar-refractivity contribution in [3.8, 4) is 11.5 Å². The molecule has 2 atom stereocenters. The normalized spacial score (nSPS) is 21.1. The van der Waals surface area contributed by atoms with E-state index in [9.17, 15) is 5.11 Å². The third kappa shape index (κ3) is 4.59. The van der Waals surface area contributed by atoms with Crippen molar-refractivity contribution in [1.29, 1.82) is 0 Å². The van der Waals surface area contributed by atoms with Crippen LogP contribution in [0.5, 0.6) is 11.5 Å². The highest BCUT2D eigenvalue weighted by atomic mass is 79.9. The molecule has 124 valence electrons. The van der Waals surface area contributed by atoms with E-state index in [1.54, 1.807) is 7.11 Å². The van der Waals surface area contributed by atoms with E-state index in [0.717, 1.165) is 47.6 Å². The van der Waals surface area contributed by atoms with Crippen LogP contribution in [0.3, 0.4) is 0 Å². The van der Waals surface area contributed by atoms with Gasteiger partial charge in [0.2, 0.25) is 0 Å². The van der Waals surface area contributed by atoms with Crippen LogP contribution in [0.1, 0.15) is 18.9 Å². The monoisotopic (exact) mass is 372 g/mol. The highest BCUT2D eigenvalue weighted by Crippen LogP contribution is 2.36. The van der Waals surface area contributed by atoms with Crippen LogP contribution in [0.2, 0.25) is 0 Å². The Balaban J connectivity index is 1.94. The second kappa shape index (κ2) is 8.72. The summed E-state index contributed by atoms with van der Waals surface area (Å²) in [6.07, 6.45) is 0.704. The summed E-state index contributed by atoms with van der Waals surface area (Å²) in [7, 11) is 1.65. The Morgan fingerprint density at radius 3 is 2.86 bits per heavy atom. The van der Waals surface area contributed by atoms with Gasteiger partial charge in [-0.1, -0.05) is 6.92 Å². The molecule has 1 aromatic rings. The van der Waals surface area contributed by atoms with Gasteiger partial charge < -0.3 is 25.2 Å². The third-order valence-corrected chi connectivity index (χ3v) is 4.37. The highest BCUT2D eigenvalue weighted by molar-refractivity contribution is 9.10. The first-order chi connectivity index (χ1) is 10.7. The zero-order chi connectivity index (χ0) is 15.9. The van der Waals surface area contributed by atoms with Crippen LogP contribution in [0.25, 0.3) is 0 Å². The van der Waals surface area contributed by atoms with Crippen molar-refractivity contribution in [2.24, 2.45) is 5.92 Å². The number of halogens is 1. The molecule has 2 unspecified atom stereocenters. The van der Waals surface area contributed by atoms with E-state index < -0.39 is 0 Å². The molecule has 22 heavy (non-hydrogen) atoms. The molecule has 5 nitrogen and oxygen atoms in total. The van der Waals surface area contributed by atoms with Crippen molar-refractivity contribution in [3.63, 3.8) is 0 Å². The molecule has 1 saturated heterocycles. The van der Waals surface area contributed by atoms with Gasteiger partial charge in [0.05, 0.1) is 24.3 Å². The van der Waals surface area contributed by atoms with Crippen LogP contribution in [-0.4, -0.2) is 44.6 Å². The molecule has 1 heterocycles. The number of aliphatic hydroxyl groups excluding tert-OH is 1. The molecule has 6 heteroatoms. The molecule has 1 aliphatic heterocycles. The van der Waals surface area contributed by atoms with E-state index in [2.05, 4.69) is 33.5 Å². The van der Waals surface area contributed by atoms with Crippen molar-refractivity contribution < 1.29 is 14.6 Å². The Labute approximate surface area is 140 Å². The average Bonchev–Trinajstić information content (AvgIpc) is 2.91. The number of ether oxygens (including phenoxy) is 2. The zero-order valence-electron chi connectivity index (χ0n) is 13.2. The second-order valence-corrected chi connectivity index (χ2v) is 6.43. The van der Waals surface area contributed by atoms with Crippen molar-refractivity contribution in [2.75, 3.05) is 33.4 Å². The molecule has 3 N–H and O–H groups in total. The standard InChI is InChI=1S/C16H25BrN2O3/c1-3-4-22-16-13(17)5-11(6-15(16)21-2)7-18-8-12-9-19-10-14(12)20/h5-6,12,14,18-20H,3-4,7-10H2,1-2H3. The Bertz CT molecular complexity index is 485. The van der Waals surface area contributed by atoms with E-state index in [-0.39, 0.29) is 12.0 Å². The molecular weight excluding hydrogens is 348 g/mol. The summed E-state index contributed by atoms with van der Waals surface area (Å²) in [5.74, 6) is 1.77. The molecule has 1 aliphatic rings. The summed E-state index contributed by atoms with van der Waals surface area (Å²) < 4.78 is 12.1. The summed E-state index contributed by atoms with van der Waals surface area (Å²) >= 11 is 3.55. The molecule has 1 aromatic carbocycles. The summed E-state index contributed by atoms with van der Waals surface area (Å²) in [6.45, 7) is 5.82. The first-order valence-electron chi connectivity index (χ1n) is 7.74. The molecule has 1 fully saturated rings. The minimum absolute atomic E-state index is 0.251. The van der Waals surface area contributed by atoms with Gasteiger partial charge in [-0.3, -0.25) is 0 Å². The Kier molecular flexibility index (Phi) is 6.95. The van der Waals surface area contributed by atoms with Gasteiger partial charge in [-0.25, -0.2) is 0 Å². The van der Waals surface area contributed by atoms with E-state index in [0.29, 0.717) is 13.2 Å². The number of rotatable bonds is 8. The number of β-amino-alcohol motifs (C(OH)–C–C–N with tert-alkyl or cyclic N) is 1. The molecule has 0 saturated carbocycles. The van der Waals surface area contributed by atoms with Crippen LogP contribution in [0, 0.1) is 5.92 Å². The molecule has 0 bridgehead atoms. The Morgan fingerprint density at radius 2 is 2.23 bits per heavy atom. The van der Waals surface area contributed by atoms with Crippen LogP contribution >= 0.6 is 15.9 Å². The fraction of sp³-hybridized carbons (Fsp3) is 0.625. The van der Waals surface area contributed by atoms with E-state index in [1.165, 1.54) is 0 Å². The molecule has 0 spiro atoms. The lowest BCUT2D eigenvalue weighted by atomic mass is 10.1. The van der Waals surface area contributed by atoms with Gasteiger partial charge in [0.1, 0.15) is 0 Å². The fourth-order valence-corrected chi connectivity index (χ4v) is 3.15. The maximum absolute atomic E-state index is 9.78. The highest BCUT2D eigenvalue weighted by Gasteiger charge is 2.24. The first kappa shape index (κ1) is 17.5. The molecule has 0 amide bonds. The quantitative estimate of drug-likeness (QED) is 0.650. The lowest BCUT2D eigenvalue weighted by Crippen LogP contribution is -2.30. The number of aliphatic hydroxyl groups is 1. The number of methoxy groups -OCH3 is 1. The van der Waals surface area contributed by atoms with E-state index in [1.807, 2.05) is 12.1 Å². The second-order valence-electron chi connectivity index (χ2n) is 5.57. The summed E-state index contributed by atoms with van der Waals surface area (Å²) in [6, 6.07) is 4.04. The van der Waals surface area contributed by atoms with Crippen LogP contribution in [-0.2, 0) is 6.54 Å². The summed E-state index contributed by atoms with van der Waals surface area (Å²) in [4.78, 5) is 0. The molecule has 0 aliphatic carbocycles. The Hall–Kier alpha value is -0.820. The maximum Gasteiger partial charge on any atom is 0.175 e. The zero-order valence-corrected chi connectivity index (χ0v) is 14.8. The predicted molar refractivity (Wildman–Crippen MR) is 90.6 cm³/mol. The number of hydrogen-bond acceptors (Lipinski definition) is 5. The maximum atomic E-state index is 9.78. The van der Waals surface area contributed by atoms with Gasteiger partial charge in [0, 0.05) is 32.1 Å². The van der Waals surface area contributed by atoms with Crippen molar-refractivity contribution >= 4 is 15.9 Å². The molecule has 0 radical (unpaired) electrons. The lowest BCUT2D eigenvalue weighted by Gasteiger charge is -2.16. The van der Waals surface area contributed by atoms with Crippen LogP contribution in [0.15, 0.2) is 16.6 Å². The lowest BCUT2D eigenvalue weighted by molar-refractivity contribution is 0.146. The smallest absolute Gasteiger partial charge is 0.175 e. The van der Waals surface area contributed by atoms with Gasteiger partial charge in [-0.05, 0) is 40.0 Å². The number of hydrogen-bond donors (Lipinski definition) is 3. The van der Waals surface area contributed by atoms with Crippen molar-refractivity contribution in [1.82, 2.24) is 10.6 Å². The van der Waals surface area contributed by atoms with Gasteiger partial charge in [-0.15, -0.1) is 0 Å². The number of benzene rings is 1. The van der Waals surface area contributed by atoms with E-state index >= 15 is 0 Å². The van der Waals surface area contributed by atoms with Crippen molar-refractivity contribution in [3.05, 3.63) is 22.2 Å². The minimum Gasteiger partial charge on any atom is -0.493 e. The van der Waals surface area contributed by atoms with Gasteiger partial charge in [0.25, 0.3) is 0 Å². The van der Waals surface area contributed by atoms with Gasteiger partial charge in [-0.2, -0.15) is 0 Å². The first-order valence-corrected chi connectivity index (χ1v) is 8.53.